The molecule has 0 radical (unpaired) electrons. The Morgan fingerprint density at radius 3 is 2.57 bits per heavy atom. The molecule has 1 fully saturated rings. The highest BCUT2D eigenvalue weighted by Crippen LogP contribution is 2.43. The van der Waals surface area contributed by atoms with Crippen LogP contribution in [-0.2, 0) is 5.54 Å². The summed E-state index contributed by atoms with van der Waals surface area (Å²) in [6.07, 6.45) is 0.990. The summed E-state index contributed by atoms with van der Waals surface area (Å²) in [6.45, 7) is 2.58. The third kappa shape index (κ3) is 3.22. The van der Waals surface area contributed by atoms with E-state index in [1.165, 1.54) is 29.2 Å². The van der Waals surface area contributed by atoms with Gasteiger partial charge in [0, 0.05) is 17.3 Å². The average Bonchev–Trinajstić information content (AvgIpc) is 3.52. The van der Waals surface area contributed by atoms with Crippen molar-refractivity contribution in [2.75, 3.05) is 12.0 Å². The molecule has 9 heteroatoms. The minimum absolute atomic E-state index is 0.0621. The first-order chi connectivity index (χ1) is 14.3. The molecule has 0 amide bonds. The Balaban J connectivity index is 1.79. The van der Waals surface area contributed by atoms with Crippen molar-refractivity contribution in [3.63, 3.8) is 0 Å². The molecule has 0 saturated heterocycles. The van der Waals surface area contributed by atoms with Crippen LogP contribution >= 0.6 is 0 Å². The fourth-order valence-electron chi connectivity index (χ4n) is 3.69. The van der Waals surface area contributed by atoms with Crippen LogP contribution in [0.1, 0.15) is 48.9 Å². The molecule has 1 N–H and O–H groups in total. The number of benzene rings is 1. The molecule has 0 unspecified atom stereocenters. The fourth-order valence-corrected chi connectivity index (χ4v) is 3.69. The zero-order valence-corrected chi connectivity index (χ0v) is 16.4. The maximum atomic E-state index is 14.5. The lowest BCUT2D eigenvalue weighted by Crippen LogP contribution is -2.33. The van der Waals surface area contributed by atoms with E-state index in [-0.39, 0.29) is 11.1 Å². The van der Waals surface area contributed by atoms with E-state index in [1.54, 1.807) is 13.8 Å². The lowest BCUT2D eigenvalue weighted by atomic mass is 10.0. The van der Waals surface area contributed by atoms with E-state index in [0.29, 0.717) is 35.1 Å². The molecule has 0 bridgehead atoms. The first kappa shape index (κ1) is 20.3. The summed E-state index contributed by atoms with van der Waals surface area (Å²) in [5.74, 6) is -0.672. The zero-order chi connectivity index (χ0) is 21.6. The molecule has 4 rings (SSSR count). The van der Waals surface area contributed by atoms with Crippen LogP contribution in [0.3, 0.4) is 0 Å². The number of nitrogens with one attached hydrogen (secondary N) is 1. The molecular weight excluding hydrogens is 400 g/mol. The van der Waals surface area contributed by atoms with Crippen molar-refractivity contribution in [3.8, 4) is 0 Å². The van der Waals surface area contributed by atoms with E-state index in [1.807, 2.05) is 0 Å². The highest BCUT2D eigenvalue weighted by atomic mass is 19.3. The Labute approximate surface area is 169 Å². The standard InChI is InChI=1S/C21H20F4N4O/c1-11-17-15(8-29(20(11)30)21(9-22)6-7-21)19(27-10-26-17)28-12(2)13-4-3-5-14(16(13)23)18(24)25/h3-5,8,10,12,18H,6-7,9H2,1-2H3,(H,26,27,28)/t12-/m0/s1. The fraction of sp³-hybridized carbons (Fsp3) is 0.381. The van der Waals surface area contributed by atoms with Crippen molar-refractivity contribution in [1.29, 1.82) is 0 Å². The van der Waals surface area contributed by atoms with Crippen molar-refractivity contribution in [1.82, 2.24) is 14.5 Å². The molecule has 158 valence electrons. The molecule has 1 aromatic carbocycles. The molecule has 0 aliphatic heterocycles. The van der Waals surface area contributed by atoms with Crippen molar-refractivity contribution in [2.24, 2.45) is 0 Å². The Morgan fingerprint density at radius 2 is 1.93 bits per heavy atom. The van der Waals surface area contributed by atoms with Gasteiger partial charge in [0.05, 0.1) is 28.0 Å². The monoisotopic (exact) mass is 420 g/mol. The van der Waals surface area contributed by atoms with Crippen molar-refractivity contribution >= 4 is 16.7 Å². The van der Waals surface area contributed by atoms with Gasteiger partial charge in [-0.1, -0.05) is 18.2 Å². The molecule has 1 aliphatic carbocycles. The summed E-state index contributed by atoms with van der Waals surface area (Å²) in [6, 6.07) is 3.14. The highest BCUT2D eigenvalue weighted by Gasteiger charge is 2.46. The van der Waals surface area contributed by atoms with Gasteiger partial charge < -0.3 is 9.88 Å². The number of halogens is 4. The molecule has 1 atom stereocenters. The minimum Gasteiger partial charge on any atom is -0.363 e. The Kier molecular flexibility index (Phi) is 4.99. The lowest BCUT2D eigenvalue weighted by Gasteiger charge is -2.20. The smallest absolute Gasteiger partial charge is 0.266 e. The molecular formula is C21H20F4N4O. The molecule has 1 saturated carbocycles. The highest BCUT2D eigenvalue weighted by molar-refractivity contribution is 5.90. The van der Waals surface area contributed by atoms with Crippen molar-refractivity contribution in [3.05, 3.63) is 63.6 Å². The van der Waals surface area contributed by atoms with Crippen LogP contribution in [-0.4, -0.2) is 21.2 Å². The molecule has 2 aromatic heterocycles. The molecule has 1 aliphatic rings. The van der Waals surface area contributed by atoms with E-state index in [4.69, 9.17) is 0 Å². The summed E-state index contributed by atoms with van der Waals surface area (Å²) >= 11 is 0. The molecule has 3 aromatic rings. The van der Waals surface area contributed by atoms with E-state index in [0.717, 1.165) is 6.07 Å². The summed E-state index contributed by atoms with van der Waals surface area (Å²) in [7, 11) is 0. The molecule has 0 spiro atoms. The van der Waals surface area contributed by atoms with Gasteiger partial charge in [0.1, 0.15) is 24.6 Å². The van der Waals surface area contributed by atoms with Gasteiger partial charge in [-0.15, -0.1) is 0 Å². The van der Waals surface area contributed by atoms with Gasteiger partial charge in [-0.2, -0.15) is 0 Å². The summed E-state index contributed by atoms with van der Waals surface area (Å²) in [4.78, 5) is 21.1. The number of hydrogen-bond donors (Lipinski definition) is 1. The Morgan fingerprint density at radius 1 is 1.23 bits per heavy atom. The Hall–Kier alpha value is -2.97. The van der Waals surface area contributed by atoms with Crippen LogP contribution in [0, 0.1) is 12.7 Å². The van der Waals surface area contributed by atoms with Gasteiger partial charge in [0.25, 0.3) is 12.0 Å². The van der Waals surface area contributed by atoms with Crippen LogP contribution in [0.2, 0.25) is 0 Å². The van der Waals surface area contributed by atoms with E-state index >= 15 is 0 Å². The van der Waals surface area contributed by atoms with Crippen LogP contribution < -0.4 is 10.9 Å². The average molecular weight is 420 g/mol. The first-order valence-corrected chi connectivity index (χ1v) is 9.55. The lowest BCUT2D eigenvalue weighted by molar-refractivity contribution is 0.146. The second-order valence-corrected chi connectivity index (χ2v) is 7.69. The number of fused-ring (bicyclic) bond motifs is 1. The van der Waals surface area contributed by atoms with Gasteiger partial charge in [-0.25, -0.2) is 27.5 Å². The quantitative estimate of drug-likeness (QED) is 0.582. The summed E-state index contributed by atoms with van der Waals surface area (Å²) < 4.78 is 55.6. The first-order valence-electron chi connectivity index (χ1n) is 9.55. The number of alkyl halides is 3. The number of aromatic nitrogens is 3. The SMILES string of the molecule is Cc1c(=O)n(C2(CF)CC2)cc2c(N[C@@H](C)c3cccc(C(F)F)c3F)ncnc12. The van der Waals surface area contributed by atoms with E-state index in [2.05, 4.69) is 15.3 Å². The van der Waals surface area contributed by atoms with E-state index in [9.17, 15) is 22.4 Å². The third-order valence-corrected chi connectivity index (χ3v) is 5.74. The molecule has 2 heterocycles. The largest absolute Gasteiger partial charge is 0.363 e. The number of nitrogens with zero attached hydrogens (tertiary/aromatic N) is 3. The Bertz CT molecular complexity index is 1170. The van der Waals surface area contributed by atoms with Crippen LogP contribution in [0.4, 0.5) is 23.4 Å². The second-order valence-electron chi connectivity index (χ2n) is 7.69. The van der Waals surface area contributed by atoms with Gasteiger partial charge in [-0.3, -0.25) is 4.79 Å². The maximum Gasteiger partial charge on any atom is 0.266 e. The molecule has 30 heavy (non-hydrogen) atoms. The van der Waals surface area contributed by atoms with Gasteiger partial charge >= 0.3 is 0 Å². The second kappa shape index (κ2) is 7.37. The predicted octanol–water partition coefficient (Wildman–Crippen LogP) is 4.81. The van der Waals surface area contributed by atoms with Crippen LogP contribution in [0.25, 0.3) is 10.9 Å². The van der Waals surface area contributed by atoms with Crippen LogP contribution in [0.5, 0.6) is 0 Å². The van der Waals surface area contributed by atoms with Gasteiger partial charge in [0.15, 0.2) is 0 Å². The zero-order valence-electron chi connectivity index (χ0n) is 16.4. The molecule has 5 nitrogen and oxygen atoms in total. The number of aryl methyl sites for hydroxylation is 1. The third-order valence-electron chi connectivity index (χ3n) is 5.74. The predicted molar refractivity (Wildman–Crippen MR) is 105 cm³/mol. The number of anilines is 1. The van der Waals surface area contributed by atoms with Crippen LogP contribution in [0.15, 0.2) is 35.5 Å². The normalized spacial score (nSPS) is 16.1. The van der Waals surface area contributed by atoms with E-state index < -0.39 is 36.1 Å². The van der Waals surface area contributed by atoms with Crippen molar-refractivity contribution in [2.45, 2.75) is 44.7 Å². The number of hydrogen-bond acceptors (Lipinski definition) is 4. The number of pyridine rings is 1. The van der Waals surface area contributed by atoms with Gasteiger partial charge in [-0.05, 0) is 26.7 Å². The number of rotatable bonds is 6. The topological polar surface area (TPSA) is 59.8 Å². The minimum atomic E-state index is -2.93. The summed E-state index contributed by atoms with van der Waals surface area (Å²) in [5, 5.41) is 3.51. The van der Waals surface area contributed by atoms with Gasteiger partial charge in [0.2, 0.25) is 0 Å². The maximum absolute atomic E-state index is 14.5. The summed E-state index contributed by atoms with van der Waals surface area (Å²) in [5.41, 5.74) is -1.00. The van der Waals surface area contributed by atoms with Crippen molar-refractivity contribution < 1.29 is 17.6 Å².